The molecule has 0 spiro atoms. The first-order valence-corrected chi connectivity index (χ1v) is 6.64. The van der Waals surface area contributed by atoms with Crippen LogP contribution >= 0.6 is 0 Å². The van der Waals surface area contributed by atoms with Crippen molar-refractivity contribution in [2.24, 2.45) is 0 Å². The van der Waals surface area contributed by atoms with Gasteiger partial charge in [-0.3, -0.25) is 4.79 Å². The van der Waals surface area contributed by atoms with E-state index in [1.807, 2.05) is 0 Å². The Kier molecular flexibility index (Phi) is 11.7. The second kappa shape index (κ2) is 12.3. The largest absolute Gasteiger partial charge is 0.481 e. The molecular weight excluding hydrogens is 200 g/mol. The van der Waals surface area contributed by atoms with Crippen LogP contribution in [0.5, 0.6) is 0 Å². The van der Waals surface area contributed by atoms with Crippen molar-refractivity contribution in [3.05, 3.63) is 12.2 Å². The molecule has 0 bridgehead atoms. The van der Waals surface area contributed by atoms with Crippen molar-refractivity contribution in [1.29, 1.82) is 0 Å². The smallest absolute Gasteiger partial charge is 0.303 e. The zero-order valence-corrected chi connectivity index (χ0v) is 10.6. The van der Waals surface area contributed by atoms with E-state index in [0.29, 0.717) is 6.42 Å². The van der Waals surface area contributed by atoms with E-state index >= 15 is 0 Å². The average molecular weight is 226 g/mol. The number of hydrogen-bond donors (Lipinski definition) is 1. The molecule has 1 rings (SSSR count). The third kappa shape index (κ3) is 13.2. The van der Waals surface area contributed by atoms with Gasteiger partial charge in [-0.05, 0) is 25.7 Å². The molecule has 1 aliphatic carbocycles. The van der Waals surface area contributed by atoms with Crippen molar-refractivity contribution in [3.8, 4) is 0 Å². The summed E-state index contributed by atoms with van der Waals surface area (Å²) in [6.45, 7) is 2.18. The molecule has 0 amide bonds. The van der Waals surface area contributed by atoms with Gasteiger partial charge in [-0.25, -0.2) is 0 Å². The number of rotatable bonds is 7. The van der Waals surface area contributed by atoms with Crippen molar-refractivity contribution in [2.75, 3.05) is 0 Å². The standard InChI is InChI=1S/C9H18O2.C5H8/c1-2-3-4-5-6-7-8-9(10)11;1-2-4-5-3-1/h2-8H2,1H3,(H,10,11);1-2H,3-5H2. The van der Waals surface area contributed by atoms with E-state index in [0.717, 1.165) is 12.8 Å². The minimum Gasteiger partial charge on any atom is -0.481 e. The third-order valence-electron chi connectivity index (χ3n) is 2.65. The number of aliphatic carboxylic acids is 1. The number of carboxylic acid groups (broad SMARTS) is 1. The molecule has 1 aliphatic rings. The summed E-state index contributed by atoms with van der Waals surface area (Å²) in [6, 6.07) is 0. The van der Waals surface area contributed by atoms with Gasteiger partial charge in [0.1, 0.15) is 0 Å². The number of allylic oxidation sites excluding steroid dienone is 2. The van der Waals surface area contributed by atoms with Crippen molar-refractivity contribution < 1.29 is 9.90 Å². The molecular formula is C14H26O2. The fourth-order valence-electron chi connectivity index (χ4n) is 1.65. The molecule has 0 heterocycles. The lowest BCUT2D eigenvalue weighted by atomic mass is 10.1. The molecule has 0 saturated carbocycles. The third-order valence-corrected chi connectivity index (χ3v) is 2.65. The SMILES string of the molecule is C1=CCCC1.CCCCCCCCC(=O)O. The van der Waals surface area contributed by atoms with E-state index in [9.17, 15) is 4.79 Å². The molecule has 0 fully saturated rings. The summed E-state index contributed by atoms with van der Waals surface area (Å²) in [7, 11) is 0. The fourth-order valence-corrected chi connectivity index (χ4v) is 1.65. The van der Waals surface area contributed by atoms with Gasteiger partial charge in [0.2, 0.25) is 0 Å². The molecule has 0 atom stereocenters. The van der Waals surface area contributed by atoms with Crippen LogP contribution < -0.4 is 0 Å². The summed E-state index contributed by atoms with van der Waals surface area (Å²) < 4.78 is 0. The number of unbranched alkanes of at least 4 members (excludes halogenated alkanes) is 5. The minimum absolute atomic E-state index is 0.339. The summed E-state index contributed by atoms with van der Waals surface area (Å²) in [5.41, 5.74) is 0. The van der Waals surface area contributed by atoms with E-state index < -0.39 is 5.97 Å². The van der Waals surface area contributed by atoms with E-state index in [4.69, 9.17) is 5.11 Å². The van der Waals surface area contributed by atoms with Crippen LogP contribution in [0.1, 0.15) is 71.1 Å². The molecule has 16 heavy (non-hydrogen) atoms. The molecule has 0 aromatic carbocycles. The first-order chi connectivity index (χ1) is 7.77. The Morgan fingerprint density at radius 2 is 1.62 bits per heavy atom. The maximum absolute atomic E-state index is 10.1. The topological polar surface area (TPSA) is 37.3 Å². The molecule has 2 nitrogen and oxygen atoms in total. The van der Waals surface area contributed by atoms with Crippen LogP contribution in [0.4, 0.5) is 0 Å². The first kappa shape index (κ1) is 15.2. The fraction of sp³-hybridized carbons (Fsp3) is 0.786. The summed E-state index contributed by atoms with van der Waals surface area (Å²) >= 11 is 0. The minimum atomic E-state index is -0.666. The Bertz CT molecular complexity index is 179. The highest BCUT2D eigenvalue weighted by Gasteiger charge is 1.95. The van der Waals surface area contributed by atoms with Gasteiger partial charge in [0, 0.05) is 6.42 Å². The predicted molar refractivity (Wildman–Crippen MR) is 68.6 cm³/mol. The van der Waals surface area contributed by atoms with Crippen molar-refractivity contribution in [1.82, 2.24) is 0 Å². The summed E-state index contributed by atoms with van der Waals surface area (Å²) in [4.78, 5) is 10.1. The highest BCUT2D eigenvalue weighted by molar-refractivity contribution is 5.66. The summed E-state index contributed by atoms with van der Waals surface area (Å²) in [5.74, 6) is -0.666. The lowest BCUT2D eigenvalue weighted by Crippen LogP contribution is -1.93. The Hall–Kier alpha value is -0.790. The summed E-state index contributed by atoms with van der Waals surface area (Å²) in [5, 5.41) is 8.32. The molecule has 0 aliphatic heterocycles. The number of carbonyl (C=O) groups is 1. The molecule has 0 radical (unpaired) electrons. The van der Waals surface area contributed by atoms with E-state index in [1.165, 1.54) is 44.9 Å². The molecule has 0 aromatic rings. The van der Waals surface area contributed by atoms with Crippen molar-refractivity contribution >= 4 is 5.97 Å². The molecule has 0 unspecified atom stereocenters. The second-order valence-corrected chi connectivity index (χ2v) is 4.31. The summed E-state index contributed by atoms with van der Waals surface area (Å²) in [6.07, 6.45) is 15.8. The van der Waals surface area contributed by atoms with Crippen LogP contribution in [0.3, 0.4) is 0 Å². The second-order valence-electron chi connectivity index (χ2n) is 4.31. The van der Waals surface area contributed by atoms with Crippen LogP contribution in [-0.4, -0.2) is 11.1 Å². The normalized spacial score (nSPS) is 13.3. The molecule has 0 saturated heterocycles. The molecule has 0 aromatic heterocycles. The van der Waals surface area contributed by atoms with Gasteiger partial charge in [0.05, 0.1) is 0 Å². The number of carboxylic acids is 1. The van der Waals surface area contributed by atoms with Gasteiger partial charge in [-0.15, -0.1) is 0 Å². The van der Waals surface area contributed by atoms with Crippen LogP contribution in [0.25, 0.3) is 0 Å². The average Bonchev–Trinajstić information content (AvgIpc) is 2.81. The first-order valence-electron chi connectivity index (χ1n) is 6.64. The van der Waals surface area contributed by atoms with E-state index in [-0.39, 0.29) is 0 Å². The Labute approximate surface area is 99.7 Å². The maximum Gasteiger partial charge on any atom is 0.303 e. The highest BCUT2D eigenvalue weighted by Crippen LogP contribution is 2.06. The van der Waals surface area contributed by atoms with E-state index in [1.54, 1.807) is 0 Å². The molecule has 94 valence electrons. The van der Waals surface area contributed by atoms with Gasteiger partial charge < -0.3 is 5.11 Å². The van der Waals surface area contributed by atoms with Crippen molar-refractivity contribution in [2.45, 2.75) is 71.1 Å². The zero-order valence-electron chi connectivity index (χ0n) is 10.6. The van der Waals surface area contributed by atoms with Gasteiger partial charge in [-0.1, -0.05) is 51.2 Å². The molecule has 1 N–H and O–H groups in total. The lowest BCUT2D eigenvalue weighted by Gasteiger charge is -1.97. The number of hydrogen-bond acceptors (Lipinski definition) is 1. The zero-order chi connectivity index (χ0) is 12.1. The monoisotopic (exact) mass is 226 g/mol. The highest BCUT2D eigenvalue weighted by atomic mass is 16.4. The van der Waals surface area contributed by atoms with Crippen LogP contribution in [0, 0.1) is 0 Å². The Morgan fingerprint density at radius 1 is 1.06 bits per heavy atom. The van der Waals surface area contributed by atoms with Gasteiger partial charge in [0.25, 0.3) is 0 Å². The predicted octanol–water partition coefficient (Wildman–Crippen LogP) is 4.55. The quantitative estimate of drug-likeness (QED) is 0.511. The van der Waals surface area contributed by atoms with E-state index in [2.05, 4.69) is 19.1 Å². The van der Waals surface area contributed by atoms with Gasteiger partial charge in [-0.2, -0.15) is 0 Å². The molecule has 2 heteroatoms. The van der Waals surface area contributed by atoms with Gasteiger partial charge in [0.15, 0.2) is 0 Å². The maximum atomic E-state index is 10.1. The van der Waals surface area contributed by atoms with Crippen LogP contribution in [0.2, 0.25) is 0 Å². The van der Waals surface area contributed by atoms with Crippen molar-refractivity contribution in [3.63, 3.8) is 0 Å². The van der Waals surface area contributed by atoms with Gasteiger partial charge >= 0.3 is 5.97 Å². The Morgan fingerprint density at radius 3 is 2.06 bits per heavy atom. The lowest BCUT2D eigenvalue weighted by molar-refractivity contribution is -0.137. The van der Waals surface area contributed by atoms with Crippen LogP contribution in [0.15, 0.2) is 12.2 Å². The van der Waals surface area contributed by atoms with Crippen LogP contribution in [-0.2, 0) is 4.79 Å². The Balaban J connectivity index is 0.000000368.